The maximum absolute atomic E-state index is 10.6. The van der Waals surface area contributed by atoms with E-state index in [1.165, 1.54) is 12.1 Å². The average molecular weight is 366 g/mol. The van der Waals surface area contributed by atoms with E-state index in [-0.39, 0.29) is 17.3 Å². The standard InChI is InChI=1S/C10H6Br2O5/c11-4-3-7(17-9(4)12)8(13)5-1-2-6(16-5)10(14)15/h1-3,8,13H,(H,14,15). The van der Waals surface area contributed by atoms with E-state index in [1.54, 1.807) is 6.07 Å². The molecule has 0 aliphatic rings. The topological polar surface area (TPSA) is 83.8 Å². The highest BCUT2D eigenvalue weighted by Crippen LogP contribution is 2.33. The summed E-state index contributed by atoms with van der Waals surface area (Å²) in [6, 6.07) is 4.23. The molecule has 90 valence electrons. The summed E-state index contributed by atoms with van der Waals surface area (Å²) in [4.78, 5) is 10.6. The fourth-order valence-electron chi connectivity index (χ4n) is 1.25. The van der Waals surface area contributed by atoms with Gasteiger partial charge < -0.3 is 19.0 Å². The van der Waals surface area contributed by atoms with Crippen molar-refractivity contribution in [3.8, 4) is 0 Å². The van der Waals surface area contributed by atoms with Crippen LogP contribution in [0.4, 0.5) is 0 Å². The van der Waals surface area contributed by atoms with Gasteiger partial charge in [0.2, 0.25) is 5.76 Å². The number of rotatable bonds is 3. The first-order valence-electron chi connectivity index (χ1n) is 4.45. The Balaban J connectivity index is 2.30. The zero-order valence-electron chi connectivity index (χ0n) is 8.18. The lowest BCUT2D eigenvalue weighted by Crippen LogP contribution is -1.97. The van der Waals surface area contributed by atoms with Crippen molar-refractivity contribution in [2.75, 3.05) is 0 Å². The van der Waals surface area contributed by atoms with Crippen molar-refractivity contribution >= 4 is 37.8 Å². The minimum Gasteiger partial charge on any atom is -0.475 e. The average Bonchev–Trinajstić information content (AvgIpc) is 2.86. The Morgan fingerprint density at radius 2 is 1.94 bits per heavy atom. The molecule has 0 aliphatic heterocycles. The molecule has 2 aromatic rings. The minimum absolute atomic E-state index is 0.108. The summed E-state index contributed by atoms with van der Waals surface area (Å²) in [6.45, 7) is 0. The summed E-state index contributed by atoms with van der Waals surface area (Å²) in [5.74, 6) is -1.07. The highest BCUT2D eigenvalue weighted by molar-refractivity contribution is 9.13. The van der Waals surface area contributed by atoms with Crippen molar-refractivity contribution in [3.63, 3.8) is 0 Å². The molecule has 0 radical (unpaired) electrons. The van der Waals surface area contributed by atoms with E-state index in [0.29, 0.717) is 9.14 Å². The quantitative estimate of drug-likeness (QED) is 0.872. The predicted octanol–water partition coefficient (Wildman–Crippen LogP) is 3.18. The number of hydrogen-bond donors (Lipinski definition) is 2. The molecule has 0 fully saturated rings. The first-order chi connectivity index (χ1) is 7.99. The summed E-state index contributed by atoms with van der Waals surface area (Å²) in [5.41, 5.74) is 0. The highest BCUT2D eigenvalue weighted by atomic mass is 79.9. The third-order valence-electron chi connectivity index (χ3n) is 2.04. The number of aromatic carboxylic acids is 1. The van der Waals surface area contributed by atoms with E-state index in [9.17, 15) is 9.90 Å². The minimum atomic E-state index is -1.19. The molecule has 0 spiro atoms. The molecule has 0 saturated heterocycles. The van der Waals surface area contributed by atoms with Gasteiger partial charge in [-0.25, -0.2) is 4.79 Å². The van der Waals surface area contributed by atoms with Crippen molar-refractivity contribution in [3.05, 3.63) is 44.6 Å². The first-order valence-corrected chi connectivity index (χ1v) is 6.03. The molecule has 0 amide bonds. The molecule has 2 N–H and O–H groups in total. The number of aliphatic hydroxyl groups excluding tert-OH is 1. The zero-order valence-corrected chi connectivity index (χ0v) is 11.4. The fraction of sp³-hybridized carbons (Fsp3) is 0.100. The van der Waals surface area contributed by atoms with Crippen LogP contribution in [0.5, 0.6) is 0 Å². The number of carboxylic acid groups (broad SMARTS) is 1. The smallest absolute Gasteiger partial charge is 0.371 e. The summed E-state index contributed by atoms with van der Waals surface area (Å²) in [5, 5.41) is 18.6. The molecule has 0 saturated carbocycles. The lowest BCUT2D eigenvalue weighted by atomic mass is 10.2. The van der Waals surface area contributed by atoms with Crippen LogP contribution in [0, 0.1) is 0 Å². The number of halogens is 2. The van der Waals surface area contributed by atoms with E-state index in [2.05, 4.69) is 31.9 Å². The van der Waals surface area contributed by atoms with E-state index in [4.69, 9.17) is 13.9 Å². The van der Waals surface area contributed by atoms with Crippen LogP contribution in [0.2, 0.25) is 0 Å². The number of hydrogen-bond acceptors (Lipinski definition) is 4. The molecule has 7 heteroatoms. The molecule has 0 aliphatic carbocycles. The Bertz CT molecular complexity index is 537. The molecule has 1 unspecified atom stereocenters. The molecule has 2 rings (SSSR count). The van der Waals surface area contributed by atoms with Gasteiger partial charge in [0.25, 0.3) is 0 Å². The molecule has 5 nitrogen and oxygen atoms in total. The van der Waals surface area contributed by atoms with Crippen LogP contribution in [-0.2, 0) is 0 Å². The lowest BCUT2D eigenvalue weighted by Gasteiger charge is -2.02. The molecular formula is C10H6Br2O5. The van der Waals surface area contributed by atoms with Crippen molar-refractivity contribution < 1.29 is 23.8 Å². The number of aliphatic hydroxyl groups is 1. The second kappa shape index (κ2) is 4.67. The Morgan fingerprint density at radius 1 is 1.24 bits per heavy atom. The summed E-state index contributed by atoms with van der Waals surface area (Å²) >= 11 is 6.34. The van der Waals surface area contributed by atoms with E-state index in [1.807, 2.05) is 0 Å². The SMILES string of the molecule is O=C(O)c1ccc(C(O)c2cc(Br)c(Br)o2)o1. The highest BCUT2D eigenvalue weighted by Gasteiger charge is 2.21. The molecule has 1 atom stereocenters. The van der Waals surface area contributed by atoms with Gasteiger partial charge in [0.05, 0.1) is 4.47 Å². The molecular weight excluding hydrogens is 360 g/mol. The zero-order chi connectivity index (χ0) is 12.6. The number of furan rings is 2. The van der Waals surface area contributed by atoms with Crippen LogP contribution in [-0.4, -0.2) is 16.2 Å². The van der Waals surface area contributed by atoms with Gasteiger partial charge >= 0.3 is 5.97 Å². The Kier molecular flexibility index (Phi) is 3.41. The summed E-state index contributed by atoms with van der Waals surface area (Å²) < 4.78 is 11.3. The predicted molar refractivity (Wildman–Crippen MR) is 63.8 cm³/mol. The van der Waals surface area contributed by atoms with Crippen LogP contribution >= 0.6 is 31.9 Å². The third-order valence-corrected chi connectivity index (χ3v) is 3.75. The third kappa shape index (κ3) is 2.46. The van der Waals surface area contributed by atoms with E-state index < -0.39 is 12.1 Å². The first kappa shape index (κ1) is 12.4. The Hall–Kier alpha value is -1.05. The molecule has 0 aromatic carbocycles. The molecule has 17 heavy (non-hydrogen) atoms. The number of carbonyl (C=O) groups is 1. The van der Waals surface area contributed by atoms with Crippen LogP contribution in [0.15, 0.2) is 36.2 Å². The van der Waals surface area contributed by atoms with Crippen molar-refractivity contribution in [1.29, 1.82) is 0 Å². The van der Waals surface area contributed by atoms with Gasteiger partial charge in [0.15, 0.2) is 10.8 Å². The van der Waals surface area contributed by atoms with Gasteiger partial charge in [-0.2, -0.15) is 0 Å². The maximum atomic E-state index is 10.6. The van der Waals surface area contributed by atoms with Crippen molar-refractivity contribution in [1.82, 2.24) is 0 Å². The second-order valence-corrected chi connectivity index (χ2v) is 4.75. The van der Waals surface area contributed by atoms with Gasteiger partial charge in [-0.1, -0.05) is 0 Å². The normalized spacial score (nSPS) is 12.6. The van der Waals surface area contributed by atoms with Crippen LogP contribution < -0.4 is 0 Å². The van der Waals surface area contributed by atoms with Gasteiger partial charge in [-0.05, 0) is 50.1 Å². The van der Waals surface area contributed by atoms with Crippen molar-refractivity contribution in [2.24, 2.45) is 0 Å². The van der Waals surface area contributed by atoms with E-state index in [0.717, 1.165) is 0 Å². The molecule has 2 heterocycles. The van der Waals surface area contributed by atoms with Gasteiger partial charge in [-0.3, -0.25) is 0 Å². The van der Waals surface area contributed by atoms with Crippen LogP contribution in [0.25, 0.3) is 0 Å². The van der Waals surface area contributed by atoms with Gasteiger partial charge in [0, 0.05) is 0 Å². The largest absolute Gasteiger partial charge is 0.475 e. The van der Waals surface area contributed by atoms with Crippen LogP contribution in [0.3, 0.4) is 0 Å². The lowest BCUT2D eigenvalue weighted by molar-refractivity contribution is 0.0653. The number of carboxylic acids is 1. The van der Waals surface area contributed by atoms with Gasteiger partial charge in [-0.15, -0.1) is 0 Å². The van der Waals surface area contributed by atoms with Gasteiger partial charge in [0.1, 0.15) is 11.5 Å². The van der Waals surface area contributed by atoms with Crippen LogP contribution in [0.1, 0.15) is 28.2 Å². The summed E-state index contributed by atoms with van der Waals surface area (Å²) in [7, 11) is 0. The molecule has 0 bridgehead atoms. The fourth-order valence-corrected chi connectivity index (χ4v) is 1.86. The Morgan fingerprint density at radius 3 is 2.41 bits per heavy atom. The Labute approximate surface area is 112 Å². The monoisotopic (exact) mass is 364 g/mol. The summed E-state index contributed by atoms with van der Waals surface area (Å²) in [6.07, 6.45) is -1.15. The maximum Gasteiger partial charge on any atom is 0.371 e. The van der Waals surface area contributed by atoms with Crippen molar-refractivity contribution in [2.45, 2.75) is 6.10 Å². The molecule has 2 aromatic heterocycles. The second-order valence-electron chi connectivity index (χ2n) is 3.18. The van der Waals surface area contributed by atoms with E-state index >= 15 is 0 Å².